The maximum Gasteiger partial charge on any atom is 0.343 e. The second kappa shape index (κ2) is 14.5. The number of hydrogen-bond donors (Lipinski definition) is 0. The lowest BCUT2D eigenvalue weighted by Gasteiger charge is -2.21. The van der Waals surface area contributed by atoms with E-state index in [4.69, 9.17) is 18.9 Å². The van der Waals surface area contributed by atoms with Gasteiger partial charge in [0, 0.05) is 24.3 Å². The fourth-order valence-corrected chi connectivity index (χ4v) is 3.22. The molecule has 0 aliphatic rings. The van der Waals surface area contributed by atoms with E-state index in [-0.39, 0.29) is 37.6 Å². The number of ether oxygens (including phenoxy) is 4. The molecule has 0 aliphatic carbocycles. The minimum Gasteiger partial charge on any atom is -0.464 e. The van der Waals surface area contributed by atoms with Crippen LogP contribution in [0.3, 0.4) is 0 Å². The van der Waals surface area contributed by atoms with Crippen molar-refractivity contribution in [2.45, 2.75) is 66.1 Å². The average Bonchev–Trinajstić information content (AvgIpc) is 2.78. The van der Waals surface area contributed by atoms with Crippen molar-refractivity contribution in [3.8, 4) is 0 Å². The van der Waals surface area contributed by atoms with Gasteiger partial charge in [0.05, 0.1) is 13.2 Å². The fourth-order valence-electron chi connectivity index (χ4n) is 3.22. The Morgan fingerprint density at radius 3 is 1.75 bits per heavy atom. The number of carbonyl (C=O) groups is 4. The molecule has 1 aromatic carbocycles. The molecule has 2 atom stereocenters. The summed E-state index contributed by atoms with van der Waals surface area (Å²) in [7, 11) is 0. The topological polar surface area (TPSA) is 105 Å². The minimum atomic E-state index is -1.51. The van der Waals surface area contributed by atoms with Crippen molar-refractivity contribution in [3.63, 3.8) is 0 Å². The van der Waals surface area contributed by atoms with Gasteiger partial charge in [-0.1, -0.05) is 31.5 Å². The van der Waals surface area contributed by atoms with Crippen LogP contribution in [0.25, 0.3) is 0 Å². The second-order valence-corrected chi connectivity index (χ2v) is 6.85. The zero-order valence-corrected chi connectivity index (χ0v) is 19.6. The first-order valence-electron chi connectivity index (χ1n) is 11.1. The van der Waals surface area contributed by atoms with E-state index in [0.29, 0.717) is 12.0 Å². The first-order chi connectivity index (χ1) is 15.4. The Hall–Kier alpha value is -2.58. The van der Waals surface area contributed by atoms with Crippen molar-refractivity contribution >= 4 is 23.5 Å². The predicted molar refractivity (Wildman–Crippen MR) is 118 cm³/mol. The normalized spacial score (nSPS) is 12.7. The van der Waals surface area contributed by atoms with Crippen molar-refractivity contribution in [1.29, 1.82) is 0 Å². The van der Waals surface area contributed by atoms with Gasteiger partial charge in [-0.15, -0.1) is 0 Å². The number of unbranched alkanes of at least 4 members (excludes halogenated alkanes) is 1. The van der Waals surface area contributed by atoms with Crippen molar-refractivity contribution in [1.82, 2.24) is 0 Å². The Morgan fingerprint density at radius 2 is 1.28 bits per heavy atom. The van der Waals surface area contributed by atoms with Crippen molar-refractivity contribution in [3.05, 3.63) is 34.9 Å². The molecule has 2 unspecified atom stereocenters. The van der Waals surface area contributed by atoms with Crippen molar-refractivity contribution in [2.24, 2.45) is 0 Å². The molecule has 0 N–H and O–H groups in total. The van der Waals surface area contributed by atoms with E-state index in [9.17, 15) is 19.2 Å². The van der Waals surface area contributed by atoms with Crippen LogP contribution >= 0.6 is 0 Å². The highest BCUT2D eigenvalue weighted by Gasteiger charge is 2.37. The van der Waals surface area contributed by atoms with Crippen LogP contribution in [-0.2, 0) is 35.0 Å². The molecule has 32 heavy (non-hydrogen) atoms. The Bertz CT molecular complexity index is 786. The summed E-state index contributed by atoms with van der Waals surface area (Å²) in [5.41, 5.74) is 0.631. The molecule has 0 aliphatic heterocycles. The molecule has 1 rings (SSSR count). The standard InChI is InChI=1S/C24H34O8/c1-6-11-13-16-14-12-15-17(19(25)21(29-7-2)23(27)31-9-4)18(16)20(26)22(30-8-3)24(28)32-10-5/h12,14-15,21-22H,6-11,13H2,1-5H3. The molecule has 0 saturated carbocycles. The number of ketones is 2. The molecule has 0 aromatic heterocycles. The summed E-state index contributed by atoms with van der Waals surface area (Å²) in [6.07, 6.45) is -0.880. The van der Waals surface area contributed by atoms with Gasteiger partial charge < -0.3 is 18.9 Å². The lowest BCUT2D eigenvalue weighted by Crippen LogP contribution is -2.39. The number of aryl methyl sites for hydroxylation is 1. The minimum absolute atomic E-state index is 0.0101. The van der Waals surface area contributed by atoms with Crippen LogP contribution in [0.15, 0.2) is 18.2 Å². The first-order valence-corrected chi connectivity index (χ1v) is 11.1. The lowest BCUT2D eigenvalue weighted by atomic mass is 9.89. The van der Waals surface area contributed by atoms with E-state index in [1.807, 2.05) is 6.92 Å². The number of Topliss-reactive ketones (excluding diaryl/α,β-unsaturated/α-hetero) is 2. The number of esters is 2. The summed E-state index contributed by atoms with van der Waals surface area (Å²) in [6.45, 7) is 8.90. The van der Waals surface area contributed by atoms with Gasteiger partial charge in [0.25, 0.3) is 0 Å². The summed E-state index contributed by atoms with van der Waals surface area (Å²) >= 11 is 0. The Morgan fingerprint density at radius 1 is 0.750 bits per heavy atom. The van der Waals surface area contributed by atoms with Gasteiger partial charge in [-0.3, -0.25) is 9.59 Å². The number of rotatable bonds is 15. The highest BCUT2D eigenvalue weighted by Crippen LogP contribution is 2.23. The average molecular weight is 451 g/mol. The lowest BCUT2D eigenvalue weighted by molar-refractivity contribution is -0.154. The third-order valence-electron chi connectivity index (χ3n) is 4.61. The van der Waals surface area contributed by atoms with Crippen molar-refractivity contribution in [2.75, 3.05) is 26.4 Å². The van der Waals surface area contributed by atoms with E-state index >= 15 is 0 Å². The van der Waals surface area contributed by atoms with E-state index in [2.05, 4.69) is 0 Å². The number of benzene rings is 1. The van der Waals surface area contributed by atoms with Crippen LogP contribution in [-0.4, -0.2) is 62.1 Å². The zero-order valence-electron chi connectivity index (χ0n) is 19.6. The van der Waals surface area contributed by atoms with Crippen LogP contribution in [0, 0.1) is 0 Å². The molecule has 0 heterocycles. The molecular weight excluding hydrogens is 416 g/mol. The molecule has 1 aromatic rings. The largest absolute Gasteiger partial charge is 0.464 e. The van der Waals surface area contributed by atoms with Gasteiger partial charge in [0.1, 0.15) is 0 Å². The summed E-state index contributed by atoms with van der Waals surface area (Å²) in [5.74, 6) is -3.04. The third-order valence-corrected chi connectivity index (χ3v) is 4.61. The SMILES string of the molecule is CCCCc1cccc(C(=O)C(OCC)C(=O)OCC)c1C(=O)C(OCC)C(=O)OCC. The summed E-state index contributed by atoms with van der Waals surface area (Å²) < 4.78 is 20.8. The van der Waals surface area contributed by atoms with Crippen LogP contribution in [0.4, 0.5) is 0 Å². The van der Waals surface area contributed by atoms with Gasteiger partial charge in [0.2, 0.25) is 23.8 Å². The highest BCUT2D eigenvalue weighted by atomic mass is 16.6. The molecule has 0 fully saturated rings. The van der Waals surface area contributed by atoms with Crippen LogP contribution in [0.1, 0.15) is 73.7 Å². The summed E-state index contributed by atoms with van der Waals surface area (Å²) in [4.78, 5) is 51.6. The maximum atomic E-state index is 13.5. The molecule has 0 bridgehead atoms. The predicted octanol–water partition coefficient (Wildman–Crippen LogP) is 3.33. The van der Waals surface area contributed by atoms with Gasteiger partial charge in [-0.25, -0.2) is 9.59 Å². The Balaban J connectivity index is 3.59. The third kappa shape index (κ3) is 7.24. The maximum absolute atomic E-state index is 13.5. The van der Waals surface area contributed by atoms with Crippen LogP contribution in [0.2, 0.25) is 0 Å². The van der Waals surface area contributed by atoms with E-state index in [1.54, 1.807) is 39.8 Å². The van der Waals surface area contributed by atoms with Gasteiger partial charge in [-0.05, 0) is 46.1 Å². The smallest absolute Gasteiger partial charge is 0.343 e. The number of hydrogen-bond acceptors (Lipinski definition) is 8. The molecule has 8 nitrogen and oxygen atoms in total. The van der Waals surface area contributed by atoms with Gasteiger partial charge >= 0.3 is 11.9 Å². The molecule has 0 radical (unpaired) electrons. The first kappa shape index (κ1) is 27.5. The van der Waals surface area contributed by atoms with E-state index in [1.165, 1.54) is 6.07 Å². The molecular formula is C24H34O8. The molecule has 178 valence electrons. The van der Waals surface area contributed by atoms with E-state index in [0.717, 1.165) is 12.8 Å². The van der Waals surface area contributed by atoms with Crippen LogP contribution < -0.4 is 0 Å². The quantitative estimate of drug-likeness (QED) is 0.228. The monoisotopic (exact) mass is 450 g/mol. The molecule has 0 saturated heterocycles. The van der Waals surface area contributed by atoms with E-state index < -0.39 is 35.7 Å². The van der Waals surface area contributed by atoms with Crippen LogP contribution in [0.5, 0.6) is 0 Å². The highest BCUT2D eigenvalue weighted by molar-refractivity contribution is 6.20. The Kier molecular flexibility index (Phi) is 12.4. The molecule has 0 spiro atoms. The molecule has 0 amide bonds. The second-order valence-electron chi connectivity index (χ2n) is 6.85. The van der Waals surface area contributed by atoms with Gasteiger partial charge in [0.15, 0.2) is 0 Å². The van der Waals surface area contributed by atoms with Gasteiger partial charge in [-0.2, -0.15) is 0 Å². The molecule has 8 heteroatoms. The summed E-state index contributed by atoms with van der Waals surface area (Å²) in [5, 5.41) is 0. The fraction of sp³-hybridized carbons (Fsp3) is 0.583. The van der Waals surface area contributed by atoms with Crippen molar-refractivity contribution < 1.29 is 38.1 Å². The zero-order chi connectivity index (χ0) is 24.1. The number of carbonyl (C=O) groups excluding carboxylic acids is 4. The summed E-state index contributed by atoms with van der Waals surface area (Å²) in [6, 6.07) is 4.82. The Labute approximate surface area is 189 Å².